The normalized spacial score (nSPS) is 13.2. The number of nitrogens with zero attached hydrogens (tertiary/aromatic N) is 1. The molecule has 0 unspecified atom stereocenters. The number of rotatable bonds is 6. The lowest BCUT2D eigenvalue weighted by atomic mass is 10.1. The number of hydrogen-bond donors (Lipinski definition) is 1. The standard InChI is InChI=1S/C25H16Cl2N2O6/c1-34-25(33)16-6-2-4-8-18(16)29-22(30)20(27)21(23(29)31)28-15-12-10-14(11-13-15)24(32)35-19-9-5-3-7-17(19)26/h2-13,28H,1H3. The van der Waals surface area contributed by atoms with Gasteiger partial charge in [0.25, 0.3) is 11.8 Å². The van der Waals surface area contributed by atoms with Crippen LogP contribution in [-0.4, -0.2) is 30.9 Å². The molecule has 2 amide bonds. The number of ether oxygens (including phenoxy) is 2. The van der Waals surface area contributed by atoms with E-state index in [-0.39, 0.29) is 33.3 Å². The molecule has 1 N–H and O–H groups in total. The molecular weight excluding hydrogens is 495 g/mol. The quantitative estimate of drug-likeness (QED) is 0.289. The number of nitrogens with one attached hydrogen (secondary N) is 1. The molecule has 1 heterocycles. The van der Waals surface area contributed by atoms with Crippen LogP contribution in [0.1, 0.15) is 20.7 Å². The number of esters is 2. The average molecular weight is 511 g/mol. The fourth-order valence-electron chi connectivity index (χ4n) is 3.30. The maximum atomic E-state index is 13.1. The molecule has 0 atom stereocenters. The number of carbonyl (C=O) groups is 4. The molecule has 0 spiro atoms. The summed E-state index contributed by atoms with van der Waals surface area (Å²) in [5.74, 6) is -2.66. The highest BCUT2D eigenvalue weighted by Gasteiger charge is 2.40. The lowest BCUT2D eigenvalue weighted by Gasteiger charge is -2.17. The summed E-state index contributed by atoms with van der Waals surface area (Å²) in [4.78, 5) is 51.1. The molecule has 0 aromatic heterocycles. The summed E-state index contributed by atoms with van der Waals surface area (Å²) in [6.07, 6.45) is 0. The largest absolute Gasteiger partial charge is 0.465 e. The van der Waals surface area contributed by atoms with Crippen LogP contribution in [0.5, 0.6) is 5.75 Å². The Hall–Kier alpha value is -4.14. The van der Waals surface area contributed by atoms with Crippen LogP contribution >= 0.6 is 23.2 Å². The fraction of sp³-hybridized carbons (Fsp3) is 0.0400. The highest BCUT2D eigenvalue weighted by Crippen LogP contribution is 2.32. The summed E-state index contributed by atoms with van der Waals surface area (Å²) in [5.41, 5.74) is 0.517. The summed E-state index contributed by atoms with van der Waals surface area (Å²) >= 11 is 12.2. The summed E-state index contributed by atoms with van der Waals surface area (Å²) in [6, 6.07) is 18.6. The van der Waals surface area contributed by atoms with E-state index >= 15 is 0 Å². The van der Waals surface area contributed by atoms with Crippen LogP contribution < -0.4 is 15.0 Å². The Bertz CT molecular complexity index is 1380. The van der Waals surface area contributed by atoms with Gasteiger partial charge in [-0.25, -0.2) is 14.5 Å². The Morgan fingerprint density at radius 1 is 0.829 bits per heavy atom. The van der Waals surface area contributed by atoms with Gasteiger partial charge in [-0.2, -0.15) is 0 Å². The molecular formula is C25H16Cl2N2O6. The Balaban J connectivity index is 1.52. The van der Waals surface area contributed by atoms with Crippen molar-refractivity contribution in [3.63, 3.8) is 0 Å². The minimum Gasteiger partial charge on any atom is -0.465 e. The molecule has 4 rings (SSSR count). The minimum absolute atomic E-state index is 0.0313. The van der Waals surface area contributed by atoms with Crippen molar-refractivity contribution in [3.8, 4) is 5.75 Å². The van der Waals surface area contributed by atoms with Crippen molar-refractivity contribution < 1.29 is 28.7 Å². The number of amides is 2. The third kappa shape index (κ3) is 4.75. The molecule has 176 valence electrons. The minimum atomic E-state index is -0.796. The highest BCUT2D eigenvalue weighted by atomic mass is 35.5. The van der Waals surface area contributed by atoms with E-state index in [9.17, 15) is 19.2 Å². The van der Waals surface area contributed by atoms with Crippen molar-refractivity contribution in [1.82, 2.24) is 0 Å². The van der Waals surface area contributed by atoms with Crippen molar-refractivity contribution in [1.29, 1.82) is 0 Å². The molecule has 0 aliphatic carbocycles. The molecule has 1 aliphatic heterocycles. The van der Waals surface area contributed by atoms with E-state index in [0.29, 0.717) is 10.7 Å². The molecule has 8 nitrogen and oxygen atoms in total. The first-order chi connectivity index (χ1) is 16.8. The summed E-state index contributed by atoms with van der Waals surface area (Å²) < 4.78 is 10.0. The van der Waals surface area contributed by atoms with E-state index in [1.165, 1.54) is 43.5 Å². The van der Waals surface area contributed by atoms with Crippen LogP contribution in [-0.2, 0) is 14.3 Å². The third-order valence-corrected chi connectivity index (χ3v) is 5.67. The smallest absolute Gasteiger partial charge is 0.343 e. The molecule has 0 radical (unpaired) electrons. The Labute approximate surface area is 209 Å². The molecule has 3 aromatic rings. The number of anilines is 2. The predicted molar refractivity (Wildman–Crippen MR) is 130 cm³/mol. The van der Waals surface area contributed by atoms with Gasteiger partial charge in [0, 0.05) is 5.69 Å². The molecule has 10 heteroatoms. The van der Waals surface area contributed by atoms with Crippen molar-refractivity contribution in [2.45, 2.75) is 0 Å². The van der Waals surface area contributed by atoms with Crippen molar-refractivity contribution in [2.75, 3.05) is 17.3 Å². The number of para-hydroxylation sites is 2. The molecule has 1 aliphatic rings. The lowest BCUT2D eigenvalue weighted by Crippen LogP contribution is -2.33. The van der Waals surface area contributed by atoms with Crippen molar-refractivity contribution in [2.24, 2.45) is 0 Å². The molecule has 0 saturated heterocycles. The van der Waals surface area contributed by atoms with Crippen molar-refractivity contribution in [3.05, 3.63) is 99.7 Å². The Kier molecular flexibility index (Phi) is 6.86. The van der Waals surface area contributed by atoms with Crippen LogP contribution in [0.3, 0.4) is 0 Å². The lowest BCUT2D eigenvalue weighted by molar-refractivity contribution is -0.120. The molecule has 0 saturated carbocycles. The summed E-state index contributed by atoms with van der Waals surface area (Å²) in [6.45, 7) is 0. The van der Waals surface area contributed by atoms with Gasteiger partial charge >= 0.3 is 11.9 Å². The SMILES string of the molecule is COC(=O)c1ccccc1N1C(=O)C(Cl)=C(Nc2ccc(C(=O)Oc3ccccc3Cl)cc2)C1=O. The van der Waals surface area contributed by atoms with Crippen LogP contribution in [0.15, 0.2) is 83.5 Å². The molecule has 35 heavy (non-hydrogen) atoms. The zero-order valence-electron chi connectivity index (χ0n) is 18.1. The van der Waals surface area contributed by atoms with Gasteiger partial charge in [-0.15, -0.1) is 0 Å². The topological polar surface area (TPSA) is 102 Å². The first kappa shape index (κ1) is 24.0. The Morgan fingerprint density at radius 3 is 2.17 bits per heavy atom. The highest BCUT2D eigenvalue weighted by molar-refractivity contribution is 6.53. The van der Waals surface area contributed by atoms with Gasteiger partial charge in [-0.05, 0) is 48.5 Å². The van der Waals surface area contributed by atoms with E-state index < -0.39 is 23.8 Å². The second kappa shape index (κ2) is 10.0. The van der Waals surface area contributed by atoms with Gasteiger partial charge in [0.05, 0.1) is 28.9 Å². The first-order valence-corrected chi connectivity index (χ1v) is 10.9. The maximum absolute atomic E-state index is 13.1. The van der Waals surface area contributed by atoms with Gasteiger partial charge in [-0.1, -0.05) is 47.5 Å². The van der Waals surface area contributed by atoms with E-state index in [1.54, 1.807) is 36.4 Å². The third-order valence-electron chi connectivity index (χ3n) is 5.01. The fourth-order valence-corrected chi connectivity index (χ4v) is 3.69. The van der Waals surface area contributed by atoms with Crippen LogP contribution in [0.25, 0.3) is 0 Å². The first-order valence-electron chi connectivity index (χ1n) is 10.1. The van der Waals surface area contributed by atoms with Gasteiger partial charge in [0.1, 0.15) is 16.5 Å². The van der Waals surface area contributed by atoms with Crippen LogP contribution in [0.2, 0.25) is 5.02 Å². The van der Waals surface area contributed by atoms with E-state index in [4.69, 9.17) is 32.7 Å². The maximum Gasteiger partial charge on any atom is 0.343 e. The number of halogens is 2. The second-order valence-electron chi connectivity index (χ2n) is 7.17. The number of hydrogen-bond acceptors (Lipinski definition) is 7. The predicted octanol–water partition coefficient (Wildman–Crippen LogP) is 4.78. The van der Waals surface area contributed by atoms with Crippen LogP contribution in [0.4, 0.5) is 11.4 Å². The van der Waals surface area contributed by atoms with E-state index in [2.05, 4.69) is 5.32 Å². The monoisotopic (exact) mass is 510 g/mol. The van der Waals surface area contributed by atoms with Gasteiger partial charge < -0.3 is 14.8 Å². The van der Waals surface area contributed by atoms with E-state index in [1.807, 2.05) is 0 Å². The Morgan fingerprint density at radius 2 is 1.49 bits per heavy atom. The summed E-state index contributed by atoms with van der Waals surface area (Å²) in [5, 5.41) is 2.75. The van der Waals surface area contributed by atoms with Gasteiger partial charge in [0.2, 0.25) is 0 Å². The number of methoxy groups -OCH3 is 1. The van der Waals surface area contributed by atoms with Crippen LogP contribution in [0, 0.1) is 0 Å². The summed E-state index contributed by atoms with van der Waals surface area (Å²) in [7, 11) is 1.19. The number of imide groups is 1. The molecule has 3 aromatic carbocycles. The molecule has 0 bridgehead atoms. The number of carbonyl (C=O) groups excluding carboxylic acids is 4. The number of benzene rings is 3. The zero-order chi connectivity index (χ0) is 25.1. The van der Waals surface area contributed by atoms with Gasteiger partial charge in [-0.3, -0.25) is 9.59 Å². The van der Waals surface area contributed by atoms with E-state index in [0.717, 1.165) is 4.90 Å². The average Bonchev–Trinajstić information content (AvgIpc) is 3.08. The van der Waals surface area contributed by atoms with Crippen molar-refractivity contribution >= 4 is 58.3 Å². The molecule has 0 fully saturated rings. The second-order valence-corrected chi connectivity index (χ2v) is 7.95. The zero-order valence-corrected chi connectivity index (χ0v) is 19.6. The van der Waals surface area contributed by atoms with Gasteiger partial charge in [0.15, 0.2) is 0 Å².